The largest absolute Gasteiger partial charge is 0.487 e. The normalized spacial score (nSPS) is 11.2. The first-order valence-electron chi connectivity index (χ1n) is 11.0. The van der Waals surface area contributed by atoms with Crippen LogP contribution in [0.2, 0.25) is 5.02 Å². The minimum Gasteiger partial charge on any atom is -0.487 e. The van der Waals surface area contributed by atoms with Crippen LogP contribution in [0.4, 0.5) is 8.78 Å². The number of ether oxygens (including phenoxy) is 1. The molecule has 12 heteroatoms. The number of pyridine rings is 1. The number of rotatable bonds is 7. The molecule has 0 saturated carbocycles. The number of hydrogen-bond acceptors (Lipinski definition) is 6. The van der Waals surface area contributed by atoms with E-state index in [4.69, 9.17) is 16.3 Å². The maximum atomic E-state index is 13.9. The summed E-state index contributed by atoms with van der Waals surface area (Å²) in [6.07, 6.45) is 1.43. The number of nitrogens with one attached hydrogen (secondary N) is 1. The number of likely N-dealkylation sites (N-methyl/N-ethyl adjacent to an activating group) is 1. The lowest BCUT2D eigenvalue weighted by Gasteiger charge is -2.12. The summed E-state index contributed by atoms with van der Waals surface area (Å²) in [5, 5.41) is 2.44. The highest BCUT2D eigenvalue weighted by molar-refractivity contribution is 6.31. The maximum absolute atomic E-state index is 13.9. The van der Waals surface area contributed by atoms with E-state index in [-0.39, 0.29) is 47.1 Å². The monoisotopic (exact) mass is 530 g/mol. The van der Waals surface area contributed by atoms with Gasteiger partial charge in [-0.05, 0) is 42.9 Å². The summed E-state index contributed by atoms with van der Waals surface area (Å²) >= 11 is 6.20. The lowest BCUT2D eigenvalue weighted by atomic mass is 10.2. The third kappa shape index (κ3) is 5.09. The van der Waals surface area contributed by atoms with Gasteiger partial charge in [0, 0.05) is 24.8 Å². The second-order valence-corrected chi connectivity index (χ2v) is 8.55. The average Bonchev–Trinajstić information content (AvgIpc) is 3.14. The summed E-state index contributed by atoms with van der Waals surface area (Å²) in [5.74, 6) is -2.58. The molecule has 0 unspecified atom stereocenters. The van der Waals surface area contributed by atoms with Gasteiger partial charge in [-0.15, -0.1) is 0 Å². The lowest BCUT2D eigenvalue weighted by Crippen LogP contribution is -2.35. The molecule has 0 radical (unpaired) electrons. The molecule has 2 heterocycles. The van der Waals surface area contributed by atoms with Crippen molar-refractivity contribution in [1.82, 2.24) is 19.0 Å². The molecule has 0 spiro atoms. The van der Waals surface area contributed by atoms with Crippen LogP contribution in [-0.4, -0.2) is 39.1 Å². The van der Waals surface area contributed by atoms with Crippen molar-refractivity contribution < 1.29 is 23.1 Å². The second kappa shape index (κ2) is 10.5. The molecule has 0 aliphatic carbocycles. The van der Waals surface area contributed by atoms with Gasteiger partial charge in [0.25, 0.3) is 5.56 Å². The van der Waals surface area contributed by atoms with Gasteiger partial charge in [-0.25, -0.2) is 22.7 Å². The first-order chi connectivity index (χ1) is 17.6. The van der Waals surface area contributed by atoms with Crippen LogP contribution in [0, 0.1) is 11.6 Å². The molecule has 0 fully saturated rings. The van der Waals surface area contributed by atoms with Gasteiger partial charge in [-0.1, -0.05) is 17.7 Å². The number of imidazole rings is 1. The molecule has 37 heavy (non-hydrogen) atoms. The highest BCUT2D eigenvalue weighted by Gasteiger charge is 2.21. The Hall–Kier alpha value is -4.09. The van der Waals surface area contributed by atoms with E-state index in [2.05, 4.69) is 5.32 Å². The van der Waals surface area contributed by atoms with Crippen molar-refractivity contribution >= 4 is 34.4 Å². The number of carbonyl (C=O) groups is 2. The lowest BCUT2D eigenvalue weighted by molar-refractivity contribution is 0.0910. The van der Waals surface area contributed by atoms with Crippen molar-refractivity contribution in [3.8, 4) is 5.75 Å². The van der Waals surface area contributed by atoms with Crippen molar-refractivity contribution in [1.29, 1.82) is 0 Å². The molecule has 2 aromatic carbocycles. The van der Waals surface area contributed by atoms with Crippen LogP contribution in [-0.2, 0) is 13.2 Å². The topological polar surface area (TPSA) is 104 Å². The van der Waals surface area contributed by atoms with E-state index in [9.17, 15) is 28.0 Å². The standard InChI is InChI=1S/C25H21ClF2N4O5/c1-14(33)31-20-9-15(3-6-19(20)32(25(31)36)22(34)11-29-2)12-30-8-7-21(23(26)24(30)35)37-13-16-4-5-17(27)10-18(16)28/h3-10,29H,11-13H2,1-2H3. The molecule has 4 aromatic rings. The predicted octanol–water partition coefficient (Wildman–Crippen LogP) is 3.04. The molecule has 0 bridgehead atoms. The molecule has 2 aromatic heterocycles. The molecule has 0 aliphatic rings. The molecule has 192 valence electrons. The molecular formula is C25H21ClF2N4O5. The Bertz CT molecular complexity index is 1660. The summed E-state index contributed by atoms with van der Waals surface area (Å²) in [7, 11) is 1.56. The fourth-order valence-electron chi connectivity index (χ4n) is 3.87. The van der Waals surface area contributed by atoms with Crippen LogP contribution in [0.1, 0.15) is 27.6 Å². The van der Waals surface area contributed by atoms with Crippen LogP contribution in [0.5, 0.6) is 5.75 Å². The van der Waals surface area contributed by atoms with Gasteiger partial charge in [0.1, 0.15) is 29.0 Å². The predicted molar refractivity (Wildman–Crippen MR) is 133 cm³/mol. The van der Waals surface area contributed by atoms with Crippen LogP contribution in [0.25, 0.3) is 11.0 Å². The fraction of sp³-hybridized carbons (Fsp3) is 0.200. The number of hydrogen-bond donors (Lipinski definition) is 1. The average molecular weight is 531 g/mol. The third-order valence-corrected chi connectivity index (χ3v) is 5.97. The highest BCUT2D eigenvalue weighted by Crippen LogP contribution is 2.23. The Morgan fingerprint density at radius 2 is 1.78 bits per heavy atom. The van der Waals surface area contributed by atoms with E-state index in [1.54, 1.807) is 19.2 Å². The van der Waals surface area contributed by atoms with E-state index >= 15 is 0 Å². The van der Waals surface area contributed by atoms with Gasteiger partial charge in [-0.3, -0.25) is 14.4 Å². The zero-order valence-electron chi connectivity index (χ0n) is 19.8. The number of aromatic nitrogens is 3. The van der Waals surface area contributed by atoms with Crippen molar-refractivity contribution in [3.05, 3.63) is 97.3 Å². The van der Waals surface area contributed by atoms with Gasteiger partial charge in [-0.2, -0.15) is 0 Å². The molecule has 1 N–H and O–H groups in total. The van der Waals surface area contributed by atoms with Gasteiger partial charge in [0.05, 0.1) is 24.1 Å². The third-order valence-electron chi connectivity index (χ3n) is 5.62. The van der Waals surface area contributed by atoms with Crippen LogP contribution in [0.3, 0.4) is 0 Å². The molecule has 4 rings (SSSR count). The summed E-state index contributed by atoms with van der Waals surface area (Å²) < 4.78 is 35.5. The molecular weight excluding hydrogens is 510 g/mol. The van der Waals surface area contributed by atoms with Gasteiger partial charge in [0.2, 0.25) is 11.8 Å². The zero-order chi connectivity index (χ0) is 26.9. The minimum atomic E-state index is -0.787. The first-order valence-corrected chi connectivity index (χ1v) is 11.4. The minimum absolute atomic E-state index is 0.0210. The smallest absolute Gasteiger partial charge is 0.342 e. The number of halogens is 3. The summed E-state index contributed by atoms with van der Waals surface area (Å²) in [5.41, 5.74) is -0.248. The second-order valence-electron chi connectivity index (χ2n) is 8.17. The van der Waals surface area contributed by atoms with Crippen LogP contribution >= 0.6 is 11.6 Å². The Morgan fingerprint density at radius 1 is 1.03 bits per heavy atom. The molecule has 9 nitrogen and oxygen atoms in total. The Kier molecular flexibility index (Phi) is 7.37. The van der Waals surface area contributed by atoms with Crippen LogP contribution < -0.4 is 21.3 Å². The van der Waals surface area contributed by atoms with E-state index in [0.717, 1.165) is 21.3 Å². The van der Waals surface area contributed by atoms with Crippen molar-refractivity contribution in [2.45, 2.75) is 20.1 Å². The van der Waals surface area contributed by atoms with E-state index < -0.39 is 34.7 Å². The van der Waals surface area contributed by atoms with Crippen molar-refractivity contribution in [3.63, 3.8) is 0 Å². The zero-order valence-corrected chi connectivity index (χ0v) is 20.5. The highest BCUT2D eigenvalue weighted by atomic mass is 35.5. The summed E-state index contributed by atoms with van der Waals surface area (Å²) in [6, 6.07) is 9.18. The maximum Gasteiger partial charge on any atom is 0.342 e. The summed E-state index contributed by atoms with van der Waals surface area (Å²) in [4.78, 5) is 50.2. The van der Waals surface area contributed by atoms with E-state index in [1.807, 2.05) is 0 Å². The Balaban J connectivity index is 1.63. The first kappa shape index (κ1) is 26.0. The number of benzene rings is 2. The Labute approximate surface area is 213 Å². The van der Waals surface area contributed by atoms with Crippen molar-refractivity contribution in [2.75, 3.05) is 13.6 Å². The number of fused-ring (bicyclic) bond motifs is 1. The number of nitrogens with zero attached hydrogens (tertiary/aromatic N) is 3. The van der Waals surface area contributed by atoms with E-state index in [0.29, 0.717) is 5.56 Å². The van der Waals surface area contributed by atoms with Crippen molar-refractivity contribution in [2.24, 2.45) is 0 Å². The molecule has 0 atom stereocenters. The quantitative estimate of drug-likeness (QED) is 0.394. The Morgan fingerprint density at radius 3 is 2.46 bits per heavy atom. The molecule has 0 aliphatic heterocycles. The molecule has 0 amide bonds. The SMILES string of the molecule is CNCC(=O)n1c(=O)n(C(C)=O)c2cc(Cn3ccc(OCc4ccc(F)cc4F)c(Cl)c3=O)ccc21. The van der Waals surface area contributed by atoms with Gasteiger partial charge in [0.15, 0.2) is 0 Å². The summed E-state index contributed by atoms with van der Waals surface area (Å²) in [6.45, 7) is 0.872. The van der Waals surface area contributed by atoms with Gasteiger partial charge >= 0.3 is 5.69 Å². The molecule has 0 saturated heterocycles. The fourth-order valence-corrected chi connectivity index (χ4v) is 4.10. The number of carbonyl (C=O) groups excluding carboxylic acids is 2. The van der Waals surface area contributed by atoms with Gasteiger partial charge < -0.3 is 14.6 Å². The van der Waals surface area contributed by atoms with Crippen LogP contribution in [0.15, 0.2) is 58.3 Å². The van der Waals surface area contributed by atoms with E-state index in [1.165, 1.54) is 35.9 Å².